The van der Waals surface area contributed by atoms with Gasteiger partial charge in [0.15, 0.2) is 0 Å². The van der Waals surface area contributed by atoms with Crippen molar-refractivity contribution in [2.45, 2.75) is 19.8 Å². The van der Waals surface area contributed by atoms with Crippen molar-refractivity contribution in [2.75, 3.05) is 7.11 Å². The molecule has 0 aliphatic carbocycles. The van der Waals surface area contributed by atoms with Gasteiger partial charge in [-0.3, -0.25) is 4.79 Å². The zero-order valence-corrected chi connectivity index (χ0v) is 8.44. The summed E-state index contributed by atoms with van der Waals surface area (Å²) in [4.78, 5) is 14.7. The quantitative estimate of drug-likeness (QED) is 0.795. The fourth-order valence-electron chi connectivity index (χ4n) is 1.24. The number of aromatic nitrogens is 1. The van der Waals surface area contributed by atoms with E-state index >= 15 is 0 Å². The van der Waals surface area contributed by atoms with Gasteiger partial charge >= 0.3 is 5.97 Å². The van der Waals surface area contributed by atoms with Crippen LogP contribution in [0.25, 0.3) is 0 Å². The summed E-state index contributed by atoms with van der Waals surface area (Å²) in [6, 6.07) is 1.73. The van der Waals surface area contributed by atoms with Crippen LogP contribution in [0.15, 0.2) is 12.3 Å². The molecule has 0 saturated heterocycles. The highest BCUT2D eigenvalue weighted by molar-refractivity contribution is 5.75. The highest BCUT2D eigenvalue weighted by Gasteiger charge is 2.16. The first-order valence-corrected chi connectivity index (χ1v) is 4.29. The van der Waals surface area contributed by atoms with Gasteiger partial charge in [-0.05, 0) is 25.0 Å². The summed E-state index contributed by atoms with van der Waals surface area (Å²) in [6.07, 6.45) is 1.55. The molecule has 4 heteroatoms. The number of aliphatic carboxylic acids is 1. The number of nitrogens with zero attached hydrogens (tertiary/aromatic N) is 1. The van der Waals surface area contributed by atoms with Crippen LogP contribution in [0.4, 0.5) is 0 Å². The Hall–Kier alpha value is -1.58. The highest BCUT2D eigenvalue weighted by Crippen LogP contribution is 2.21. The van der Waals surface area contributed by atoms with Crippen LogP contribution >= 0.6 is 0 Å². The monoisotopic (exact) mass is 195 g/mol. The molecule has 0 spiro atoms. The average molecular weight is 195 g/mol. The first kappa shape index (κ1) is 10.5. The molecule has 1 heterocycles. The van der Waals surface area contributed by atoms with Gasteiger partial charge in [0.1, 0.15) is 0 Å². The van der Waals surface area contributed by atoms with Crippen LogP contribution in [0.5, 0.6) is 5.88 Å². The second kappa shape index (κ2) is 4.09. The molecule has 0 amide bonds. The van der Waals surface area contributed by atoms with Crippen LogP contribution in [0, 0.1) is 6.92 Å². The molecule has 0 aliphatic heterocycles. The summed E-state index contributed by atoms with van der Waals surface area (Å²) < 4.78 is 4.93. The summed E-state index contributed by atoms with van der Waals surface area (Å²) in [5.41, 5.74) is 1.60. The Morgan fingerprint density at radius 3 is 2.71 bits per heavy atom. The molecule has 76 valence electrons. The molecule has 0 aliphatic rings. The third-order valence-corrected chi connectivity index (χ3v) is 2.17. The maximum Gasteiger partial charge on any atom is 0.310 e. The molecule has 0 aromatic carbocycles. The zero-order chi connectivity index (χ0) is 10.7. The van der Waals surface area contributed by atoms with Gasteiger partial charge in [-0.2, -0.15) is 0 Å². The SMILES string of the molecule is COc1cc(C)c(C(C)C(=O)O)cn1. The van der Waals surface area contributed by atoms with Crippen LogP contribution in [-0.2, 0) is 4.79 Å². The van der Waals surface area contributed by atoms with E-state index in [9.17, 15) is 4.79 Å². The van der Waals surface area contributed by atoms with E-state index in [1.165, 1.54) is 7.11 Å². The Kier molecular flexibility index (Phi) is 3.06. The smallest absolute Gasteiger partial charge is 0.310 e. The van der Waals surface area contributed by atoms with Crippen molar-refractivity contribution in [3.05, 3.63) is 23.4 Å². The average Bonchev–Trinajstić information content (AvgIpc) is 2.16. The van der Waals surface area contributed by atoms with E-state index in [-0.39, 0.29) is 0 Å². The van der Waals surface area contributed by atoms with Crippen LogP contribution in [-0.4, -0.2) is 23.2 Å². The van der Waals surface area contributed by atoms with E-state index in [1.807, 2.05) is 6.92 Å². The minimum absolute atomic E-state index is 0.504. The standard InChI is InChI=1S/C10H13NO3/c1-6-4-9(14-3)11-5-8(6)7(2)10(12)13/h4-5,7H,1-3H3,(H,12,13). The number of methoxy groups -OCH3 is 1. The van der Waals surface area contributed by atoms with Crippen molar-refractivity contribution in [1.82, 2.24) is 4.98 Å². The van der Waals surface area contributed by atoms with Gasteiger partial charge in [-0.15, -0.1) is 0 Å². The Balaban J connectivity index is 3.05. The number of pyridine rings is 1. The molecule has 4 nitrogen and oxygen atoms in total. The zero-order valence-electron chi connectivity index (χ0n) is 8.44. The minimum atomic E-state index is -0.847. The number of rotatable bonds is 3. The van der Waals surface area contributed by atoms with Crippen LogP contribution in [0.2, 0.25) is 0 Å². The van der Waals surface area contributed by atoms with Crippen LogP contribution < -0.4 is 4.74 Å². The first-order chi connectivity index (χ1) is 6.56. The van der Waals surface area contributed by atoms with Crippen molar-refractivity contribution < 1.29 is 14.6 Å². The van der Waals surface area contributed by atoms with E-state index < -0.39 is 11.9 Å². The second-order valence-electron chi connectivity index (χ2n) is 3.14. The Labute approximate surface area is 82.5 Å². The predicted molar refractivity (Wildman–Crippen MR) is 51.6 cm³/mol. The number of carbonyl (C=O) groups is 1. The summed E-state index contributed by atoms with van der Waals surface area (Å²) in [5, 5.41) is 8.83. The number of carboxylic acids is 1. The summed E-state index contributed by atoms with van der Waals surface area (Å²) >= 11 is 0. The molecule has 1 atom stereocenters. The van der Waals surface area contributed by atoms with Crippen molar-refractivity contribution in [3.8, 4) is 5.88 Å². The molecule has 1 aromatic rings. The van der Waals surface area contributed by atoms with Crippen molar-refractivity contribution in [2.24, 2.45) is 0 Å². The molecule has 0 bridgehead atoms. The third kappa shape index (κ3) is 2.02. The largest absolute Gasteiger partial charge is 0.481 e. The fraction of sp³-hybridized carbons (Fsp3) is 0.400. The van der Waals surface area contributed by atoms with E-state index in [0.29, 0.717) is 5.88 Å². The van der Waals surface area contributed by atoms with Gasteiger partial charge in [0.2, 0.25) is 5.88 Å². The van der Waals surface area contributed by atoms with Gasteiger partial charge < -0.3 is 9.84 Å². The predicted octanol–water partition coefficient (Wildman–Crippen LogP) is 1.59. The topological polar surface area (TPSA) is 59.4 Å². The van der Waals surface area contributed by atoms with Crippen molar-refractivity contribution >= 4 is 5.97 Å². The fourth-order valence-corrected chi connectivity index (χ4v) is 1.24. The lowest BCUT2D eigenvalue weighted by Crippen LogP contribution is -2.09. The van der Waals surface area contributed by atoms with Crippen LogP contribution in [0.1, 0.15) is 24.0 Å². The molecule has 0 radical (unpaired) electrons. The maximum absolute atomic E-state index is 10.7. The summed E-state index contributed by atoms with van der Waals surface area (Å²) in [6.45, 7) is 3.48. The molecular weight excluding hydrogens is 182 g/mol. The van der Waals surface area contributed by atoms with Gasteiger partial charge in [-0.1, -0.05) is 0 Å². The summed E-state index contributed by atoms with van der Waals surface area (Å²) in [7, 11) is 1.53. The number of carboxylic acid groups (broad SMARTS) is 1. The highest BCUT2D eigenvalue weighted by atomic mass is 16.5. The molecule has 0 saturated carbocycles. The molecular formula is C10H13NO3. The molecule has 0 fully saturated rings. The van der Waals surface area contributed by atoms with E-state index in [0.717, 1.165) is 11.1 Å². The Bertz CT molecular complexity index is 349. The molecule has 14 heavy (non-hydrogen) atoms. The third-order valence-electron chi connectivity index (χ3n) is 2.17. The van der Waals surface area contributed by atoms with Gasteiger partial charge in [-0.25, -0.2) is 4.98 Å². The lowest BCUT2D eigenvalue weighted by Gasteiger charge is -2.10. The second-order valence-corrected chi connectivity index (χ2v) is 3.14. The van der Waals surface area contributed by atoms with Gasteiger partial charge in [0.25, 0.3) is 0 Å². The van der Waals surface area contributed by atoms with Crippen LogP contribution in [0.3, 0.4) is 0 Å². The number of hydrogen-bond donors (Lipinski definition) is 1. The van der Waals surface area contributed by atoms with Crippen molar-refractivity contribution in [1.29, 1.82) is 0 Å². The molecule has 1 N–H and O–H groups in total. The Morgan fingerprint density at radius 2 is 2.29 bits per heavy atom. The minimum Gasteiger partial charge on any atom is -0.481 e. The van der Waals surface area contributed by atoms with Crippen molar-refractivity contribution in [3.63, 3.8) is 0 Å². The summed E-state index contributed by atoms with van der Waals surface area (Å²) in [5.74, 6) is -0.877. The normalized spacial score (nSPS) is 12.2. The number of hydrogen-bond acceptors (Lipinski definition) is 3. The lowest BCUT2D eigenvalue weighted by molar-refractivity contribution is -0.138. The maximum atomic E-state index is 10.7. The molecule has 1 aromatic heterocycles. The Morgan fingerprint density at radius 1 is 1.64 bits per heavy atom. The van der Waals surface area contributed by atoms with E-state index in [4.69, 9.17) is 9.84 Å². The molecule has 1 rings (SSSR count). The van der Waals surface area contributed by atoms with Gasteiger partial charge in [0, 0.05) is 12.3 Å². The number of ether oxygens (including phenoxy) is 1. The van der Waals surface area contributed by atoms with E-state index in [1.54, 1.807) is 19.2 Å². The first-order valence-electron chi connectivity index (χ1n) is 4.29. The van der Waals surface area contributed by atoms with E-state index in [2.05, 4.69) is 4.98 Å². The van der Waals surface area contributed by atoms with Gasteiger partial charge in [0.05, 0.1) is 13.0 Å². The lowest BCUT2D eigenvalue weighted by atomic mass is 9.99. The number of aryl methyl sites for hydroxylation is 1. The molecule has 1 unspecified atom stereocenters.